The molecule has 5 nitrogen and oxygen atoms in total. The smallest absolute Gasteiger partial charge is 0.333 e. The maximum atomic E-state index is 12.7. The van der Waals surface area contributed by atoms with Crippen LogP contribution in [0, 0.1) is 0 Å². The van der Waals surface area contributed by atoms with E-state index < -0.39 is 17.9 Å². The molecule has 1 amide bonds. The van der Waals surface area contributed by atoms with Gasteiger partial charge < -0.3 is 14.8 Å². The first-order chi connectivity index (χ1) is 16.0. The SMILES string of the molecule is COC(=O)C(NC(=O)c1ccc(OCCCCc2ccccc2)cc1)c1ccc(Cl)c(Cl)c1. The van der Waals surface area contributed by atoms with Gasteiger partial charge in [-0.25, -0.2) is 4.79 Å². The zero-order chi connectivity index (χ0) is 23.6. The Morgan fingerprint density at radius 1 is 0.909 bits per heavy atom. The minimum Gasteiger partial charge on any atom is -0.494 e. The Hall–Kier alpha value is -3.02. The van der Waals surface area contributed by atoms with Crippen molar-refractivity contribution in [3.63, 3.8) is 0 Å². The number of amides is 1. The average Bonchev–Trinajstić information content (AvgIpc) is 2.84. The molecule has 3 rings (SSSR count). The van der Waals surface area contributed by atoms with Gasteiger partial charge in [0.15, 0.2) is 6.04 Å². The molecule has 1 unspecified atom stereocenters. The van der Waals surface area contributed by atoms with Crippen molar-refractivity contribution >= 4 is 35.1 Å². The van der Waals surface area contributed by atoms with E-state index in [1.165, 1.54) is 18.7 Å². The van der Waals surface area contributed by atoms with Crippen LogP contribution in [0.2, 0.25) is 10.0 Å². The van der Waals surface area contributed by atoms with Crippen LogP contribution in [0.15, 0.2) is 72.8 Å². The molecule has 0 aromatic heterocycles. The van der Waals surface area contributed by atoms with E-state index in [4.69, 9.17) is 32.7 Å². The number of ether oxygens (including phenoxy) is 2. The minimum atomic E-state index is -1.02. The van der Waals surface area contributed by atoms with Gasteiger partial charge in [-0.05, 0) is 66.8 Å². The molecule has 0 fully saturated rings. The minimum absolute atomic E-state index is 0.280. The van der Waals surface area contributed by atoms with E-state index in [0.29, 0.717) is 28.5 Å². The lowest BCUT2D eigenvalue weighted by atomic mass is 10.1. The number of nitrogens with one attached hydrogen (secondary N) is 1. The van der Waals surface area contributed by atoms with Crippen molar-refractivity contribution in [3.8, 4) is 5.75 Å². The zero-order valence-electron chi connectivity index (χ0n) is 18.2. The molecule has 0 aliphatic rings. The third-order valence-electron chi connectivity index (χ3n) is 5.08. The van der Waals surface area contributed by atoms with Crippen LogP contribution in [0.5, 0.6) is 5.75 Å². The van der Waals surface area contributed by atoms with E-state index in [2.05, 4.69) is 17.4 Å². The van der Waals surface area contributed by atoms with Gasteiger partial charge in [0, 0.05) is 5.56 Å². The van der Waals surface area contributed by atoms with Gasteiger partial charge >= 0.3 is 5.97 Å². The van der Waals surface area contributed by atoms with E-state index in [1.807, 2.05) is 18.2 Å². The van der Waals surface area contributed by atoms with Crippen LogP contribution in [0.25, 0.3) is 0 Å². The normalized spacial score (nSPS) is 11.5. The van der Waals surface area contributed by atoms with Gasteiger partial charge in [0.1, 0.15) is 5.75 Å². The molecule has 0 heterocycles. The third-order valence-corrected chi connectivity index (χ3v) is 5.82. The molecule has 172 valence electrons. The molecule has 0 aliphatic carbocycles. The molecule has 0 radical (unpaired) electrons. The fourth-order valence-corrected chi connectivity index (χ4v) is 3.58. The summed E-state index contributed by atoms with van der Waals surface area (Å²) in [6.07, 6.45) is 2.99. The first-order valence-corrected chi connectivity index (χ1v) is 11.3. The summed E-state index contributed by atoms with van der Waals surface area (Å²) >= 11 is 12.0. The second-order valence-electron chi connectivity index (χ2n) is 7.42. The van der Waals surface area contributed by atoms with Crippen molar-refractivity contribution in [1.29, 1.82) is 0 Å². The van der Waals surface area contributed by atoms with E-state index in [-0.39, 0.29) is 5.02 Å². The monoisotopic (exact) mass is 485 g/mol. The molecule has 3 aromatic rings. The Morgan fingerprint density at radius 2 is 1.64 bits per heavy atom. The van der Waals surface area contributed by atoms with Gasteiger partial charge in [-0.3, -0.25) is 4.79 Å². The number of halogens is 2. The molecule has 1 N–H and O–H groups in total. The van der Waals surface area contributed by atoms with Gasteiger partial charge in [0.2, 0.25) is 0 Å². The fourth-order valence-electron chi connectivity index (χ4n) is 3.27. The van der Waals surface area contributed by atoms with Gasteiger partial charge in [0.05, 0.1) is 23.8 Å². The van der Waals surface area contributed by atoms with Crippen molar-refractivity contribution in [2.24, 2.45) is 0 Å². The second kappa shape index (κ2) is 12.3. The summed E-state index contributed by atoms with van der Waals surface area (Å²) in [5, 5.41) is 3.32. The quantitative estimate of drug-likeness (QED) is 0.280. The highest BCUT2D eigenvalue weighted by atomic mass is 35.5. The lowest BCUT2D eigenvalue weighted by molar-refractivity contribution is -0.143. The molecule has 0 aliphatic heterocycles. The van der Waals surface area contributed by atoms with Gasteiger partial charge in [0.25, 0.3) is 5.91 Å². The molecular weight excluding hydrogens is 461 g/mol. The third kappa shape index (κ3) is 7.24. The van der Waals surface area contributed by atoms with Crippen LogP contribution < -0.4 is 10.1 Å². The first-order valence-electron chi connectivity index (χ1n) is 10.6. The molecule has 0 bridgehead atoms. The topological polar surface area (TPSA) is 64.6 Å². The van der Waals surface area contributed by atoms with Gasteiger partial charge in [-0.2, -0.15) is 0 Å². The highest BCUT2D eigenvalue weighted by Crippen LogP contribution is 2.26. The fraction of sp³-hybridized carbons (Fsp3) is 0.231. The summed E-state index contributed by atoms with van der Waals surface area (Å²) in [5.41, 5.74) is 2.18. The molecule has 0 saturated heterocycles. The predicted molar refractivity (Wildman–Crippen MR) is 130 cm³/mol. The number of methoxy groups -OCH3 is 1. The Labute approximate surface area is 203 Å². The number of rotatable bonds is 10. The first kappa shape index (κ1) is 24.6. The predicted octanol–water partition coefficient (Wildman–Crippen LogP) is 6.04. The summed E-state index contributed by atoms with van der Waals surface area (Å²) in [7, 11) is 1.25. The Bertz CT molecular complexity index is 1070. The average molecular weight is 486 g/mol. The molecular formula is C26H25Cl2NO4. The Morgan fingerprint density at radius 3 is 2.30 bits per heavy atom. The number of carbonyl (C=O) groups excluding carboxylic acids is 2. The van der Waals surface area contributed by atoms with E-state index in [0.717, 1.165) is 19.3 Å². The van der Waals surface area contributed by atoms with Crippen molar-refractivity contribution in [1.82, 2.24) is 5.32 Å². The largest absolute Gasteiger partial charge is 0.494 e. The maximum absolute atomic E-state index is 12.7. The number of hydrogen-bond acceptors (Lipinski definition) is 4. The number of carbonyl (C=O) groups is 2. The van der Waals surface area contributed by atoms with Crippen LogP contribution in [0.3, 0.4) is 0 Å². The molecule has 7 heteroatoms. The van der Waals surface area contributed by atoms with Crippen LogP contribution >= 0.6 is 23.2 Å². The second-order valence-corrected chi connectivity index (χ2v) is 8.23. The van der Waals surface area contributed by atoms with Crippen LogP contribution in [0.4, 0.5) is 0 Å². The van der Waals surface area contributed by atoms with Crippen molar-refractivity contribution in [2.75, 3.05) is 13.7 Å². The van der Waals surface area contributed by atoms with Crippen LogP contribution in [-0.2, 0) is 16.0 Å². The molecule has 33 heavy (non-hydrogen) atoms. The lowest BCUT2D eigenvalue weighted by Gasteiger charge is -2.17. The summed E-state index contributed by atoms with van der Waals surface area (Å²) in [4.78, 5) is 25.0. The van der Waals surface area contributed by atoms with Crippen molar-refractivity contribution in [3.05, 3.63) is 99.5 Å². The highest BCUT2D eigenvalue weighted by Gasteiger charge is 2.25. The van der Waals surface area contributed by atoms with Crippen LogP contribution in [-0.4, -0.2) is 25.6 Å². The van der Waals surface area contributed by atoms with Crippen molar-refractivity contribution in [2.45, 2.75) is 25.3 Å². The van der Waals surface area contributed by atoms with E-state index in [9.17, 15) is 9.59 Å². The summed E-state index contributed by atoms with van der Waals surface area (Å²) in [6, 6.07) is 20.8. The van der Waals surface area contributed by atoms with Crippen LogP contribution in [0.1, 0.15) is 40.4 Å². The number of aryl methyl sites for hydroxylation is 1. The van der Waals surface area contributed by atoms with Crippen molar-refractivity contribution < 1.29 is 19.1 Å². The number of benzene rings is 3. The molecule has 0 saturated carbocycles. The van der Waals surface area contributed by atoms with E-state index >= 15 is 0 Å². The number of hydrogen-bond donors (Lipinski definition) is 1. The maximum Gasteiger partial charge on any atom is 0.333 e. The summed E-state index contributed by atoms with van der Waals surface area (Å²) in [6.45, 7) is 0.597. The lowest BCUT2D eigenvalue weighted by Crippen LogP contribution is -2.34. The van der Waals surface area contributed by atoms with Gasteiger partial charge in [-0.1, -0.05) is 59.6 Å². The standard InChI is InChI=1S/C26H25Cl2NO4/c1-32-26(31)24(20-12-15-22(27)23(28)17-20)29-25(30)19-10-13-21(14-11-19)33-16-6-5-9-18-7-3-2-4-8-18/h2-4,7-8,10-15,17,24H,5-6,9,16H2,1H3,(H,29,30). The van der Waals surface area contributed by atoms with E-state index in [1.54, 1.807) is 36.4 Å². The number of unbranched alkanes of at least 4 members (excludes halogenated alkanes) is 1. The number of esters is 1. The van der Waals surface area contributed by atoms with Gasteiger partial charge in [-0.15, -0.1) is 0 Å². The highest BCUT2D eigenvalue weighted by molar-refractivity contribution is 6.42. The zero-order valence-corrected chi connectivity index (χ0v) is 19.7. The molecule has 0 spiro atoms. The Kier molecular flexibility index (Phi) is 9.16. The summed E-state index contributed by atoms with van der Waals surface area (Å²) in [5.74, 6) is -0.358. The molecule has 3 aromatic carbocycles. The summed E-state index contributed by atoms with van der Waals surface area (Å²) < 4.78 is 10.6. The Balaban J connectivity index is 1.53. The molecule has 1 atom stereocenters.